The number of nitrogens with two attached hydrogens (primary N) is 1. The summed E-state index contributed by atoms with van der Waals surface area (Å²) in [5, 5.41) is 6.87. The minimum absolute atomic E-state index is 0.287. The number of nitrogens with one attached hydrogen (secondary N) is 1. The molecule has 3 N–H and O–H groups in total. The van der Waals surface area contributed by atoms with Gasteiger partial charge in [-0.25, -0.2) is 0 Å². The molecule has 19 heavy (non-hydrogen) atoms. The summed E-state index contributed by atoms with van der Waals surface area (Å²) in [6, 6.07) is 7.60. The zero-order valence-corrected chi connectivity index (χ0v) is 10.8. The highest BCUT2D eigenvalue weighted by Gasteiger charge is 2.23. The molecule has 0 atom stereocenters. The first kappa shape index (κ1) is 11.9. The Balaban J connectivity index is 2.01. The van der Waals surface area contributed by atoms with Crippen LogP contribution in [0.15, 0.2) is 24.3 Å². The van der Waals surface area contributed by atoms with Gasteiger partial charge in [0.25, 0.3) is 0 Å². The number of ether oxygens (including phenoxy) is 2. The van der Waals surface area contributed by atoms with Gasteiger partial charge in [0.1, 0.15) is 5.82 Å². The highest BCUT2D eigenvalue weighted by Crippen LogP contribution is 2.40. The molecule has 0 saturated heterocycles. The van der Waals surface area contributed by atoms with Crippen molar-refractivity contribution >= 4 is 5.82 Å². The SMILES string of the molecule is COc1cccc(-c2cc(N)n[nH]2)c1OC1CCC1. The van der Waals surface area contributed by atoms with E-state index in [0.29, 0.717) is 5.82 Å². The van der Waals surface area contributed by atoms with Gasteiger partial charge in [-0.2, -0.15) is 5.10 Å². The van der Waals surface area contributed by atoms with Crippen LogP contribution >= 0.6 is 0 Å². The number of anilines is 1. The molecule has 5 heteroatoms. The fourth-order valence-corrected chi connectivity index (χ4v) is 2.14. The third-order valence-corrected chi connectivity index (χ3v) is 3.42. The number of para-hydroxylation sites is 1. The van der Waals surface area contributed by atoms with Crippen LogP contribution < -0.4 is 15.2 Å². The highest BCUT2D eigenvalue weighted by atomic mass is 16.5. The molecule has 0 amide bonds. The van der Waals surface area contributed by atoms with Crippen molar-refractivity contribution in [3.8, 4) is 22.8 Å². The lowest BCUT2D eigenvalue weighted by Crippen LogP contribution is -2.25. The van der Waals surface area contributed by atoms with Crippen molar-refractivity contribution in [1.29, 1.82) is 0 Å². The quantitative estimate of drug-likeness (QED) is 0.885. The first-order valence-electron chi connectivity index (χ1n) is 6.43. The van der Waals surface area contributed by atoms with Crippen LogP contribution in [-0.2, 0) is 0 Å². The number of aromatic amines is 1. The lowest BCUT2D eigenvalue weighted by atomic mass is 9.96. The third-order valence-electron chi connectivity index (χ3n) is 3.42. The van der Waals surface area contributed by atoms with Gasteiger partial charge >= 0.3 is 0 Å². The number of aromatic nitrogens is 2. The van der Waals surface area contributed by atoms with Crippen molar-refractivity contribution in [1.82, 2.24) is 10.2 Å². The molecular formula is C14H17N3O2. The van der Waals surface area contributed by atoms with Crippen molar-refractivity contribution in [3.63, 3.8) is 0 Å². The summed E-state index contributed by atoms with van der Waals surface area (Å²) in [7, 11) is 1.65. The number of methoxy groups -OCH3 is 1. The second-order valence-electron chi connectivity index (χ2n) is 4.71. The fraction of sp³-hybridized carbons (Fsp3) is 0.357. The van der Waals surface area contributed by atoms with Crippen LogP contribution in [0.5, 0.6) is 11.5 Å². The van der Waals surface area contributed by atoms with E-state index in [2.05, 4.69) is 10.2 Å². The van der Waals surface area contributed by atoms with Crippen molar-refractivity contribution in [2.45, 2.75) is 25.4 Å². The summed E-state index contributed by atoms with van der Waals surface area (Å²) < 4.78 is 11.4. The summed E-state index contributed by atoms with van der Waals surface area (Å²) in [6.45, 7) is 0. The average molecular weight is 259 g/mol. The second kappa shape index (κ2) is 4.84. The molecule has 1 aliphatic carbocycles. The van der Waals surface area contributed by atoms with E-state index in [-0.39, 0.29) is 6.10 Å². The monoisotopic (exact) mass is 259 g/mol. The standard InChI is InChI=1S/C14H17N3O2/c1-18-12-7-3-6-10(11-8-13(15)17-16-11)14(12)19-9-4-2-5-9/h3,6-9H,2,4-5H2,1H3,(H3,15,16,17). The zero-order valence-electron chi connectivity index (χ0n) is 10.8. The number of nitrogens with zero attached hydrogens (tertiary/aromatic N) is 1. The van der Waals surface area contributed by atoms with Crippen LogP contribution in [0.1, 0.15) is 19.3 Å². The summed E-state index contributed by atoms with van der Waals surface area (Å²) in [5.41, 5.74) is 7.43. The van der Waals surface area contributed by atoms with Gasteiger partial charge in [0.2, 0.25) is 0 Å². The van der Waals surface area contributed by atoms with Crippen LogP contribution in [0.25, 0.3) is 11.3 Å². The van der Waals surface area contributed by atoms with E-state index in [1.807, 2.05) is 18.2 Å². The largest absolute Gasteiger partial charge is 0.493 e. The Morgan fingerprint density at radius 2 is 2.21 bits per heavy atom. The molecule has 0 bridgehead atoms. The highest BCUT2D eigenvalue weighted by molar-refractivity contribution is 5.72. The molecule has 5 nitrogen and oxygen atoms in total. The first-order valence-corrected chi connectivity index (χ1v) is 6.43. The van der Waals surface area contributed by atoms with Gasteiger partial charge in [-0.15, -0.1) is 0 Å². The molecule has 1 aromatic carbocycles. The van der Waals surface area contributed by atoms with Gasteiger partial charge in [-0.3, -0.25) is 5.10 Å². The number of hydrogen-bond acceptors (Lipinski definition) is 4. The minimum atomic E-state index is 0.287. The van der Waals surface area contributed by atoms with E-state index in [4.69, 9.17) is 15.2 Å². The zero-order chi connectivity index (χ0) is 13.2. The number of benzene rings is 1. The van der Waals surface area contributed by atoms with E-state index < -0.39 is 0 Å². The molecule has 0 radical (unpaired) electrons. The van der Waals surface area contributed by atoms with E-state index >= 15 is 0 Å². The Labute approximate surface area is 111 Å². The van der Waals surface area contributed by atoms with Crippen molar-refractivity contribution in [3.05, 3.63) is 24.3 Å². The number of hydrogen-bond donors (Lipinski definition) is 2. The summed E-state index contributed by atoms with van der Waals surface area (Å²) >= 11 is 0. The Bertz CT molecular complexity index is 576. The van der Waals surface area contributed by atoms with E-state index in [9.17, 15) is 0 Å². The first-order chi connectivity index (χ1) is 9.28. The van der Waals surface area contributed by atoms with Crippen molar-refractivity contribution in [2.75, 3.05) is 12.8 Å². The van der Waals surface area contributed by atoms with E-state index in [1.165, 1.54) is 6.42 Å². The van der Waals surface area contributed by atoms with Gasteiger partial charge in [-0.1, -0.05) is 6.07 Å². The Morgan fingerprint density at radius 1 is 1.37 bits per heavy atom. The predicted molar refractivity (Wildman–Crippen MR) is 73.3 cm³/mol. The van der Waals surface area contributed by atoms with Gasteiger partial charge < -0.3 is 15.2 Å². The molecule has 2 aromatic rings. The summed E-state index contributed by atoms with van der Waals surface area (Å²) in [6.07, 6.45) is 3.72. The maximum absolute atomic E-state index is 6.05. The second-order valence-corrected chi connectivity index (χ2v) is 4.71. The molecule has 1 heterocycles. The van der Waals surface area contributed by atoms with Crippen molar-refractivity contribution in [2.24, 2.45) is 0 Å². The molecule has 1 aromatic heterocycles. The Kier molecular flexibility index (Phi) is 3.03. The number of nitrogen functional groups attached to an aromatic ring is 1. The third kappa shape index (κ3) is 2.23. The smallest absolute Gasteiger partial charge is 0.170 e. The van der Waals surface area contributed by atoms with Gasteiger partial charge in [-0.05, 0) is 31.4 Å². The minimum Gasteiger partial charge on any atom is -0.493 e. The topological polar surface area (TPSA) is 73.2 Å². The maximum atomic E-state index is 6.05. The molecule has 1 saturated carbocycles. The van der Waals surface area contributed by atoms with Gasteiger partial charge in [0, 0.05) is 11.6 Å². The number of H-pyrrole nitrogens is 1. The molecule has 100 valence electrons. The summed E-state index contributed by atoms with van der Waals surface area (Å²) in [4.78, 5) is 0. The Hall–Kier alpha value is -2.17. The van der Waals surface area contributed by atoms with Crippen LogP contribution in [0.2, 0.25) is 0 Å². The molecule has 0 spiro atoms. The lowest BCUT2D eigenvalue weighted by molar-refractivity contribution is 0.117. The molecule has 0 unspecified atom stereocenters. The van der Waals surface area contributed by atoms with Crippen LogP contribution in [0, 0.1) is 0 Å². The molecule has 3 rings (SSSR count). The van der Waals surface area contributed by atoms with Crippen LogP contribution in [-0.4, -0.2) is 23.4 Å². The normalized spacial score (nSPS) is 15.0. The van der Waals surface area contributed by atoms with E-state index in [1.54, 1.807) is 13.2 Å². The molecule has 1 fully saturated rings. The van der Waals surface area contributed by atoms with E-state index in [0.717, 1.165) is 35.6 Å². The van der Waals surface area contributed by atoms with Gasteiger partial charge in [0.15, 0.2) is 11.5 Å². The number of rotatable bonds is 4. The van der Waals surface area contributed by atoms with Crippen LogP contribution in [0.4, 0.5) is 5.82 Å². The van der Waals surface area contributed by atoms with Crippen LogP contribution in [0.3, 0.4) is 0 Å². The average Bonchev–Trinajstić information content (AvgIpc) is 2.80. The maximum Gasteiger partial charge on any atom is 0.170 e. The predicted octanol–water partition coefficient (Wildman–Crippen LogP) is 2.60. The molecule has 1 aliphatic rings. The van der Waals surface area contributed by atoms with Crippen molar-refractivity contribution < 1.29 is 9.47 Å². The molecule has 0 aliphatic heterocycles. The van der Waals surface area contributed by atoms with Gasteiger partial charge in [0.05, 0.1) is 18.9 Å². The summed E-state index contributed by atoms with van der Waals surface area (Å²) in [5.74, 6) is 1.96. The lowest BCUT2D eigenvalue weighted by Gasteiger charge is -2.28. The molecular weight excluding hydrogens is 242 g/mol. The fourth-order valence-electron chi connectivity index (χ4n) is 2.14. The Morgan fingerprint density at radius 3 is 2.79 bits per heavy atom.